The van der Waals surface area contributed by atoms with Gasteiger partial charge in [0.15, 0.2) is 0 Å². The van der Waals surface area contributed by atoms with Crippen LogP contribution in [0.15, 0.2) is 21.7 Å². The Kier molecular flexibility index (Phi) is 5.30. The molecular weight excluding hydrogens is 299 g/mol. The minimum absolute atomic E-state index is 0.0485. The Labute approximate surface area is 135 Å². The fraction of sp³-hybridized carbons (Fsp3) is 0.562. The van der Waals surface area contributed by atoms with Crippen molar-refractivity contribution < 1.29 is 9.13 Å². The third kappa shape index (κ3) is 3.67. The van der Waals surface area contributed by atoms with E-state index in [1.165, 1.54) is 17.7 Å². The lowest BCUT2D eigenvalue weighted by Gasteiger charge is -2.38. The second-order valence-electron chi connectivity index (χ2n) is 5.84. The molecule has 126 valence electrons. The van der Waals surface area contributed by atoms with E-state index >= 15 is 0 Å². The number of anilines is 1. The number of hydrogen-bond donors (Lipinski definition) is 0. The molecule has 1 fully saturated rings. The number of hydrogen-bond acceptors (Lipinski definition) is 5. The molecule has 1 saturated heterocycles. The number of nitrogens with zero attached hydrogens (tertiary/aromatic N) is 4. The Balaban J connectivity index is 2.53. The van der Waals surface area contributed by atoms with Gasteiger partial charge in [0.05, 0.1) is 30.7 Å². The first kappa shape index (κ1) is 17.3. The van der Waals surface area contributed by atoms with Crippen LogP contribution in [0.1, 0.15) is 26.5 Å². The molecule has 0 unspecified atom stereocenters. The van der Waals surface area contributed by atoms with Crippen LogP contribution in [0.25, 0.3) is 5.57 Å². The summed E-state index contributed by atoms with van der Waals surface area (Å²) in [5.41, 5.74) is 0.396. The monoisotopic (exact) mass is 322 g/mol. The highest BCUT2D eigenvalue weighted by atomic mass is 19.1. The van der Waals surface area contributed by atoms with Crippen LogP contribution >= 0.6 is 0 Å². The normalized spacial score (nSPS) is 23.3. The van der Waals surface area contributed by atoms with Crippen molar-refractivity contribution in [2.75, 3.05) is 25.1 Å². The maximum absolute atomic E-state index is 14.0. The molecule has 0 spiro atoms. The molecule has 2 rings (SSSR count). The molecule has 0 amide bonds. The molecule has 0 aliphatic carbocycles. The minimum Gasteiger partial charge on any atom is -0.375 e. The van der Waals surface area contributed by atoms with Gasteiger partial charge in [-0.2, -0.15) is 0 Å². The second kappa shape index (κ2) is 7.04. The molecule has 0 saturated carbocycles. The SMILES string of the molecule is CN=C/C(F)=C(\C)c1cc(=O)n(C)c(N2C[C@@H](C)OC[C@H]2C)n1. The Morgan fingerprint density at radius 2 is 2.22 bits per heavy atom. The van der Waals surface area contributed by atoms with Crippen molar-refractivity contribution >= 4 is 17.7 Å². The lowest BCUT2D eigenvalue weighted by atomic mass is 10.2. The van der Waals surface area contributed by atoms with Gasteiger partial charge >= 0.3 is 0 Å². The predicted octanol–water partition coefficient (Wildman–Crippen LogP) is 1.79. The van der Waals surface area contributed by atoms with Crippen molar-refractivity contribution in [1.29, 1.82) is 0 Å². The number of halogens is 1. The van der Waals surface area contributed by atoms with Gasteiger partial charge in [0.2, 0.25) is 5.95 Å². The van der Waals surface area contributed by atoms with E-state index in [1.807, 2.05) is 18.7 Å². The zero-order valence-electron chi connectivity index (χ0n) is 14.2. The summed E-state index contributed by atoms with van der Waals surface area (Å²) in [7, 11) is 3.16. The molecule has 23 heavy (non-hydrogen) atoms. The van der Waals surface area contributed by atoms with Crippen molar-refractivity contribution in [3.63, 3.8) is 0 Å². The largest absolute Gasteiger partial charge is 0.375 e. The number of ether oxygens (including phenoxy) is 1. The number of aliphatic imine (C=N–C) groups is 1. The molecule has 1 aromatic rings. The number of aromatic nitrogens is 2. The number of morpholine rings is 1. The van der Waals surface area contributed by atoms with Crippen molar-refractivity contribution in [2.45, 2.75) is 32.9 Å². The van der Waals surface area contributed by atoms with Crippen LogP contribution in [-0.2, 0) is 11.8 Å². The third-order valence-electron chi connectivity index (χ3n) is 3.96. The topological polar surface area (TPSA) is 59.7 Å². The quantitative estimate of drug-likeness (QED) is 0.796. The van der Waals surface area contributed by atoms with E-state index in [0.29, 0.717) is 30.4 Å². The van der Waals surface area contributed by atoms with E-state index in [1.54, 1.807) is 14.0 Å². The Morgan fingerprint density at radius 3 is 2.87 bits per heavy atom. The lowest BCUT2D eigenvalue weighted by molar-refractivity contribution is 0.0333. The second-order valence-corrected chi connectivity index (χ2v) is 5.84. The van der Waals surface area contributed by atoms with Crippen molar-refractivity contribution in [3.05, 3.63) is 27.9 Å². The molecule has 7 heteroatoms. The molecule has 1 aromatic heterocycles. The summed E-state index contributed by atoms with van der Waals surface area (Å²) in [5, 5.41) is 0. The number of rotatable bonds is 3. The zero-order valence-corrected chi connectivity index (χ0v) is 14.2. The first-order valence-electron chi connectivity index (χ1n) is 7.60. The molecule has 1 aliphatic heterocycles. The van der Waals surface area contributed by atoms with Gasteiger partial charge in [-0.15, -0.1) is 0 Å². The van der Waals surface area contributed by atoms with Crippen LogP contribution in [0.4, 0.5) is 10.3 Å². The van der Waals surface area contributed by atoms with Gasteiger partial charge in [-0.1, -0.05) is 0 Å². The average molecular weight is 322 g/mol. The van der Waals surface area contributed by atoms with Crippen LogP contribution in [0.3, 0.4) is 0 Å². The Hall–Kier alpha value is -2.02. The average Bonchev–Trinajstić information content (AvgIpc) is 2.52. The summed E-state index contributed by atoms with van der Waals surface area (Å²) >= 11 is 0. The van der Waals surface area contributed by atoms with Crippen molar-refractivity contribution in [2.24, 2.45) is 12.0 Å². The molecule has 0 aromatic carbocycles. The maximum atomic E-state index is 14.0. The summed E-state index contributed by atoms with van der Waals surface area (Å²) < 4.78 is 21.1. The first-order valence-corrected chi connectivity index (χ1v) is 7.60. The maximum Gasteiger partial charge on any atom is 0.255 e. The third-order valence-corrected chi connectivity index (χ3v) is 3.96. The Bertz CT molecular complexity index is 696. The van der Waals surface area contributed by atoms with E-state index in [-0.39, 0.29) is 17.7 Å². The summed E-state index contributed by atoms with van der Waals surface area (Å²) in [4.78, 5) is 22.5. The molecule has 2 heterocycles. The van der Waals surface area contributed by atoms with E-state index in [2.05, 4.69) is 9.98 Å². The van der Waals surface area contributed by atoms with Crippen LogP contribution in [0.2, 0.25) is 0 Å². The van der Waals surface area contributed by atoms with E-state index in [0.717, 1.165) is 6.21 Å². The van der Waals surface area contributed by atoms with Crippen LogP contribution in [-0.4, -0.2) is 48.1 Å². The van der Waals surface area contributed by atoms with Crippen molar-refractivity contribution in [3.8, 4) is 0 Å². The Morgan fingerprint density at radius 1 is 1.52 bits per heavy atom. The van der Waals surface area contributed by atoms with E-state index in [9.17, 15) is 9.18 Å². The fourth-order valence-electron chi connectivity index (χ4n) is 2.49. The highest BCUT2D eigenvalue weighted by Gasteiger charge is 2.27. The van der Waals surface area contributed by atoms with Gasteiger partial charge in [-0.3, -0.25) is 14.4 Å². The van der Waals surface area contributed by atoms with Gasteiger partial charge in [0, 0.05) is 32.3 Å². The molecular formula is C16H23FN4O2. The molecule has 2 atom stereocenters. The van der Waals surface area contributed by atoms with Gasteiger partial charge in [-0.25, -0.2) is 9.37 Å². The molecule has 0 bridgehead atoms. The molecule has 0 N–H and O–H groups in total. The highest BCUT2D eigenvalue weighted by Crippen LogP contribution is 2.22. The molecule has 0 radical (unpaired) electrons. The van der Waals surface area contributed by atoms with Crippen molar-refractivity contribution in [1.82, 2.24) is 9.55 Å². The highest BCUT2D eigenvalue weighted by molar-refractivity contribution is 5.87. The lowest BCUT2D eigenvalue weighted by Crippen LogP contribution is -2.49. The molecule has 1 aliphatic rings. The predicted molar refractivity (Wildman–Crippen MR) is 89.8 cm³/mol. The van der Waals surface area contributed by atoms with Crippen LogP contribution < -0.4 is 10.5 Å². The van der Waals surface area contributed by atoms with Gasteiger partial charge in [0.1, 0.15) is 5.83 Å². The summed E-state index contributed by atoms with van der Waals surface area (Å²) in [6.07, 6.45) is 1.17. The van der Waals surface area contributed by atoms with Gasteiger partial charge < -0.3 is 9.64 Å². The smallest absolute Gasteiger partial charge is 0.255 e. The van der Waals surface area contributed by atoms with E-state index in [4.69, 9.17) is 4.74 Å². The molecule has 6 nitrogen and oxygen atoms in total. The van der Waals surface area contributed by atoms with Crippen LogP contribution in [0.5, 0.6) is 0 Å². The van der Waals surface area contributed by atoms with Crippen LogP contribution in [0, 0.1) is 0 Å². The fourth-order valence-corrected chi connectivity index (χ4v) is 2.49. The van der Waals surface area contributed by atoms with E-state index < -0.39 is 5.83 Å². The summed E-state index contributed by atoms with van der Waals surface area (Å²) in [5.74, 6) is 0.0262. The van der Waals surface area contributed by atoms with Gasteiger partial charge in [-0.05, 0) is 20.8 Å². The van der Waals surface area contributed by atoms with Gasteiger partial charge in [0.25, 0.3) is 5.56 Å². The summed E-state index contributed by atoms with van der Waals surface area (Å²) in [6.45, 7) is 6.77. The summed E-state index contributed by atoms with van der Waals surface area (Å²) in [6, 6.07) is 1.43. The number of allylic oxidation sites excluding steroid dienone is 2. The minimum atomic E-state index is -0.498. The standard InChI is InChI=1S/C16H23FN4O2/c1-10-9-23-11(2)8-21(10)16-19-14(6-15(22)20(16)5)12(3)13(17)7-18-4/h6-7,10-11H,8-9H2,1-5H3/b13-12-,18-7?/t10-,11-/m1/s1. The first-order chi connectivity index (χ1) is 10.8. The zero-order chi connectivity index (χ0) is 17.1.